The van der Waals surface area contributed by atoms with Crippen LogP contribution in [-0.4, -0.2) is 28.9 Å². The van der Waals surface area contributed by atoms with Crippen LogP contribution in [0, 0.1) is 0 Å². The van der Waals surface area contributed by atoms with Gasteiger partial charge >= 0.3 is 0 Å². The maximum atomic E-state index is 11.9. The highest BCUT2D eigenvalue weighted by Crippen LogP contribution is 2.36. The van der Waals surface area contributed by atoms with E-state index in [4.69, 9.17) is 9.41 Å². The Morgan fingerprint density at radius 1 is 1.19 bits per heavy atom. The molecule has 0 spiro atoms. The molecule has 0 amide bonds. The summed E-state index contributed by atoms with van der Waals surface area (Å²) in [6, 6.07) is 19.8. The molecular formula is C25H25N3O2S. The van der Waals surface area contributed by atoms with Crippen molar-refractivity contribution in [2.24, 2.45) is 4.99 Å². The van der Waals surface area contributed by atoms with Gasteiger partial charge in [-0.1, -0.05) is 42.1 Å². The average Bonchev–Trinajstić information content (AvgIpc) is 3.40. The number of amidine groups is 1. The summed E-state index contributed by atoms with van der Waals surface area (Å²) in [5, 5.41) is 4.26. The highest BCUT2D eigenvalue weighted by atomic mass is 32.2. The lowest BCUT2D eigenvalue weighted by atomic mass is 10.1. The Hall–Kier alpha value is -3.25. The number of aliphatic imine (C=N–C) groups is 1. The molecule has 1 N–H and O–H groups in total. The van der Waals surface area contributed by atoms with Gasteiger partial charge < -0.3 is 14.6 Å². The van der Waals surface area contributed by atoms with Crippen LogP contribution >= 0.6 is 11.8 Å². The van der Waals surface area contributed by atoms with Crippen molar-refractivity contribution in [3.05, 3.63) is 88.7 Å². The van der Waals surface area contributed by atoms with Crippen LogP contribution in [0.2, 0.25) is 0 Å². The van der Waals surface area contributed by atoms with Crippen LogP contribution in [0.4, 0.5) is 11.4 Å². The average molecular weight is 432 g/mol. The number of benzene rings is 2. The van der Waals surface area contributed by atoms with Crippen molar-refractivity contribution < 1.29 is 9.21 Å². The molecule has 0 saturated carbocycles. The second-order valence-electron chi connectivity index (χ2n) is 7.28. The smallest absolute Gasteiger partial charge is 0.169 e. The zero-order valence-corrected chi connectivity index (χ0v) is 18.5. The van der Waals surface area contributed by atoms with Crippen molar-refractivity contribution in [3.8, 4) is 0 Å². The molecule has 0 atom stereocenters. The fourth-order valence-electron chi connectivity index (χ4n) is 3.38. The minimum absolute atomic E-state index is 0.0307. The lowest BCUT2D eigenvalue weighted by Gasteiger charge is -2.18. The number of hydrogen-bond acceptors (Lipinski definition) is 5. The molecule has 158 valence electrons. The zero-order chi connectivity index (χ0) is 21.6. The van der Waals surface area contributed by atoms with Crippen LogP contribution in [0.3, 0.4) is 0 Å². The van der Waals surface area contributed by atoms with Crippen LogP contribution in [-0.2, 0) is 6.54 Å². The van der Waals surface area contributed by atoms with Crippen molar-refractivity contribution in [1.82, 2.24) is 4.90 Å². The van der Waals surface area contributed by atoms with Gasteiger partial charge in [0.05, 0.1) is 24.2 Å². The lowest BCUT2D eigenvalue weighted by molar-refractivity contribution is 0.101. The third kappa shape index (κ3) is 5.27. The summed E-state index contributed by atoms with van der Waals surface area (Å²) < 4.78 is 5.50. The Kier molecular flexibility index (Phi) is 6.57. The van der Waals surface area contributed by atoms with E-state index in [1.165, 1.54) is 5.56 Å². The largest absolute Gasteiger partial charge is 0.465 e. The quantitative estimate of drug-likeness (QED) is 0.452. The molecule has 1 aromatic heterocycles. The van der Waals surface area contributed by atoms with E-state index >= 15 is 0 Å². The highest BCUT2D eigenvalue weighted by molar-refractivity contribution is 8.17. The number of ketones is 1. The molecule has 0 radical (unpaired) electrons. The summed E-state index contributed by atoms with van der Waals surface area (Å²) in [4.78, 5) is 20.4. The highest BCUT2D eigenvalue weighted by Gasteiger charge is 2.25. The number of furan rings is 1. The summed E-state index contributed by atoms with van der Waals surface area (Å²) >= 11 is 1.64. The fraction of sp³-hybridized carbons (Fsp3) is 0.200. The van der Waals surface area contributed by atoms with E-state index < -0.39 is 0 Å². The van der Waals surface area contributed by atoms with Crippen molar-refractivity contribution >= 4 is 40.2 Å². The Morgan fingerprint density at radius 2 is 2.03 bits per heavy atom. The maximum Gasteiger partial charge on any atom is 0.169 e. The summed E-state index contributed by atoms with van der Waals surface area (Å²) in [5.74, 6) is 0.860. The van der Waals surface area contributed by atoms with Gasteiger partial charge in [0, 0.05) is 23.6 Å². The second-order valence-corrected chi connectivity index (χ2v) is 8.38. The van der Waals surface area contributed by atoms with E-state index in [9.17, 15) is 4.79 Å². The Balaban J connectivity index is 1.71. The van der Waals surface area contributed by atoms with Crippen molar-refractivity contribution in [1.29, 1.82) is 0 Å². The Morgan fingerprint density at radius 3 is 2.74 bits per heavy atom. The van der Waals surface area contributed by atoms with Gasteiger partial charge in [-0.15, -0.1) is 0 Å². The van der Waals surface area contributed by atoms with Gasteiger partial charge in [-0.05, 0) is 55.8 Å². The van der Waals surface area contributed by atoms with Gasteiger partial charge in [0.25, 0.3) is 0 Å². The first-order valence-electron chi connectivity index (χ1n) is 10.3. The maximum absolute atomic E-state index is 11.9. The molecule has 1 saturated heterocycles. The van der Waals surface area contributed by atoms with Crippen molar-refractivity contribution in [2.45, 2.75) is 20.4 Å². The Labute approximate surface area is 186 Å². The summed E-state index contributed by atoms with van der Waals surface area (Å²) in [7, 11) is 0. The third-order valence-corrected chi connectivity index (χ3v) is 5.93. The zero-order valence-electron chi connectivity index (χ0n) is 17.7. The number of nitrogens with zero attached hydrogens (tertiary/aromatic N) is 2. The number of anilines is 1. The third-order valence-electron chi connectivity index (χ3n) is 4.89. The normalized spacial score (nSPS) is 16.3. The first-order chi connectivity index (χ1) is 15.1. The number of rotatable bonds is 7. The molecule has 1 fully saturated rings. The fourth-order valence-corrected chi connectivity index (χ4v) is 4.42. The summed E-state index contributed by atoms with van der Waals surface area (Å²) in [5.41, 5.74) is 3.57. The van der Waals surface area contributed by atoms with Gasteiger partial charge in [-0.25, -0.2) is 4.99 Å². The van der Waals surface area contributed by atoms with E-state index in [0.717, 1.165) is 46.8 Å². The molecule has 31 heavy (non-hydrogen) atoms. The molecule has 1 aliphatic rings. The SMILES string of the molecule is CCNc1ccc(C(C)=O)cc1N=C1SC(=Cc2ccco2)CN1Cc1ccccc1. The topological polar surface area (TPSA) is 57.8 Å². The number of Topliss-reactive ketones (excluding diaryl/α,β-unsaturated/α-hetero) is 1. The molecule has 2 heterocycles. The molecule has 0 aliphatic carbocycles. The predicted molar refractivity (Wildman–Crippen MR) is 129 cm³/mol. The van der Waals surface area contributed by atoms with E-state index in [2.05, 4.69) is 40.6 Å². The first-order valence-corrected chi connectivity index (χ1v) is 11.1. The number of carbonyl (C=O) groups is 1. The van der Waals surface area contributed by atoms with Crippen LogP contribution < -0.4 is 5.32 Å². The molecule has 5 nitrogen and oxygen atoms in total. The number of nitrogens with one attached hydrogen (secondary N) is 1. The number of carbonyl (C=O) groups excluding carboxylic acids is 1. The van der Waals surface area contributed by atoms with Gasteiger partial charge in [-0.2, -0.15) is 0 Å². The molecule has 3 aromatic rings. The standard InChI is InChI=1S/C25H25N3O2S/c1-3-26-23-12-11-20(18(2)29)14-24(23)27-25-28(16-19-8-5-4-6-9-19)17-22(31-25)15-21-10-7-13-30-21/h4-15,26H,3,16-17H2,1-2H3. The molecule has 4 rings (SSSR count). The molecule has 0 bridgehead atoms. The van der Waals surface area contributed by atoms with Crippen molar-refractivity contribution in [3.63, 3.8) is 0 Å². The predicted octanol–water partition coefficient (Wildman–Crippen LogP) is 6.19. The van der Waals surface area contributed by atoms with Crippen LogP contribution in [0.25, 0.3) is 6.08 Å². The number of thioether (sulfide) groups is 1. The van der Waals surface area contributed by atoms with Crippen LogP contribution in [0.5, 0.6) is 0 Å². The summed E-state index contributed by atoms with van der Waals surface area (Å²) in [6.45, 7) is 5.91. The molecule has 1 aliphatic heterocycles. The van der Waals surface area contributed by atoms with E-state index in [0.29, 0.717) is 5.56 Å². The molecular weight excluding hydrogens is 406 g/mol. The number of hydrogen-bond donors (Lipinski definition) is 1. The van der Waals surface area contributed by atoms with E-state index in [-0.39, 0.29) is 5.78 Å². The summed E-state index contributed by atoms with van der Waals surface area (Å²) in [6.07, 6.45) is 3.74. The van der Waals surface area contributed by atoms with E-state index in [1.807, 2.05) is 43.3 Å². The minimum Gasteiger partial charge on any atom is -0.465 e. The van der Waals surface area contributed by atoms with E-state index in [1.54, 1.807) is 24.9 Å². The molecule has 6 heteroatoms. The van der Waals surface area contributed by atoms with Crippen molar-refractivity contribution in [2.75, 3.05) is 18.4 Å². The van der Waals surface area contributed by atoms with Crippen LogP contribution in [0.15, 0.2) is 81.2 Å². The first kappa shape index (κ1) is 21.0. The van der Waals surface area contributed by atoms with Gasteiger partial charge in [0.15, 0.2) is 11.0 Å². The molecule has 0 unspecified atom stereocenters. The van der Waals surface area contributed by atoms with Gasteiger partial charge in [-0.3, -0.25) is 4.79 Å². The molecule has 2 aromatic carbocycles. The van der Waals surface area contributed by atoms with Gasteiger partial charge in [0.1, 0.15) is 5.76 Å². The Bertz CT molecular complexity index is 1110. The minimum atomic E-state index is 0.0307. The second kappa shape index (κ2) is 9.71. The van der Waals surface area contributed by atoms with Crippen LogP contribution in [0.1, 0.15) is 35.5 Å². The van der Waals surface area contributed by atoms with Gasteiger partial charge in [0.2, 0.25) is 0 Å². The lowest BCUT2D eigenvalue weighted by Crippen LogP contribution is -2.23. The monoisotopic (exact) mass is 431 g/mol.